The van der Waals surface area contributed by atoms with Crippen LogP contribution in [0.4, 0.5) is 5.69 Å². The summed E-state index contributed by atoms with van der Waals surface area (Å²) in [6, 6.07) is 8.01. The van der Waals surface area contributed by atoms with E-state index in [9.17, 15) is 4.79 Å². The molecule has 1 amide bonds. The van der Waals surface area contributed by atoms with Crippen LogP contribution in [0.25, 0.3) is 0 Å². The number of rotatable bonds is 3. The summed E-state index contributed by atoms with van der Waals surface area (Å²) in [4.78, 5) is 16.5. The van der Waals surface area contributed by atoms with Crippen molar-refractivity contribution in [3.63, 3.8) is 0 Å². The second-order valence-electron chi connectivity index (χ2n) is 5.19. The maximum Gasteiger partial charge on any atom is 0.243 e. The van der Waals surface area contributed by atoms with Gasteiger partial charge in [0.05, 0.1) is 6.04 Å². The zero-order valence-electron chi connectivity index (χ0n) is 12.0. The van der Waals surface area contributed by atoms with Crippen LogP contribution in [0.1, 0.15) is 12.5 Å². The molecule has 1 unspecified atom stereocenters. The number of amides is 1. The second kappa shape index (κ2) is 6.17. The van der Waals surface area contributed by atoms with Gasteiger partial charge in [-0.05, 0) is 26.0 Å². The Bertz CT molecular complexity index is 424. The monoisotopic (exact) mass is 261 g/mol. The second-order valence-corrected chi connectivity index (χ2v) is 5.19. The molecule has 1 aliphatic rings. The number of anilines is 1. The fraction of sp³-hybridized carbons (Fsp3) is 0.533. The van der Waals surface area contributed by atoms with Crippen molar-refractivity contribution in [2.75, 3.05) is 38.1 Å². The molecule has 1 atom stereocenters. The molecule has 4 nitrogen and oxygen atoms in total. The minimum atomic E-state index is -0.0617. The zero-order valence-corrected chi connectivity index (χ0v) is 12.0. The number of nitrogens with one attached hydrogen (secondary N) is 1. The molecule has 1 heterocycles. The number of carbonyl (C=O) groups excluding carboxylic acids is 1. The molecule has 1 aromatic carbocycles. The van der Waals surface area contributed by atoms with Crippen molar-refractivity contribution in [3.8, 4) is 0 Å². The molecule has 4 heteroatoms. The van der Waals surface area contributed by atoms with Crippen molar-refractivity contribution >= 4 is 11.6 Å². The molecule has 0 aliphatic carbocycles. The maximum atomic E-state index is 12.5. The first-order chi connectivity index (χ1) is 9.09. The number of aryl methyl sites for hydroxylation is 1. The number of likely N-dealkylation sites (N-methyl/N-ethyl adjacent to an activating group) is 1. The van der Waals surface area contributed by atoms with Crippen LogP contribution in [-0.4, -0.2) is 50.1 Å². The lowest BCUT2D eigenvalue weighted by atomic mass is 10.2. The van der Waals surface area contributed by atoms with Crippen LogP contribution >= 0.6 is 0 Å². The van der Waals surface area contributed by atoms with Gasteiger partial charge in [0.15, 0.2) is 0 Å². The van der Waals surface area contributed by atoms with Gasteiger partial charge in [0.2, 0.25) is 5.91 Å². The Labute approximate surface area is 115 Å². The van der Waals surface area contributed by atoms with Gasteiger partial charge in [0.25, 0.3) is 0 Å². The predicted molar refractivity (Wildman–Crippen MR) is 78.5 cm³/mol. The number of carbonyl (C=O) groups is 1. The van der Waals surface area contributed by atoms with Crippen molar-refractivity contribution in [2.24, 2.45) is 0 Å². The molecule has 0 bridgehead atoms. The minimum absolute atomic E-state index is 0.0617. The van der Waals surface area contributed by atoms with Crippen LogP contribution in [0.2, 0.25) is 0 Å². The first kappa shape index (κ1) is 14.0. The Balaban J connectivity index is 2.03. The summed E-state index contributed by atoms with van der Waals surface area (Å²) in [5, 5.41) is 3.31. The molecule has 2 rings (SSSR count). The van der Waals surface area contributed by atoms with Gasteiger partial charge in [-0.1, -0.05) is 17.7 Å². The summed E-state index contributed by atoms with van der Waals surface area (Å²) in [5.74, 6) is 0.158. The van der Waals surface area contributed by atoms with Crippen LogP contribution in [0.5, 0.6) is 0 Å². The molecular weight excluding hydrogens is 238 g/mol. The van der Waals surface area contributed by atoms with E-state index in [0.29, 0.717) is 0 Å². The summed E-state index contributed by atoms with van der Waals surface area (Å²) >= 11 is 0. The highest BCUT2D eigenvalue weighted by molar-refractivity contribution is 5.96. The van der Waals surface area contributed by atoms with Gasteiger partial charge in [0.1, 0.15) is 0 Å². The van der Waals surface area contributed by atoms with E-state index in [2.05, 4.69) is 17.1 Å². The fourth-order valence-electron chi connectivity index (χ4n) is 2.40. The number of nitrogens with zero attached hydrogens (tertiary/aromatic N) is 2. The highest BCUT2D eigenvalue weighted by atomic mass is 16.2. The average molecular weight is 261 g/mol. The van der Waals surface area contributed by atoms with E-state index < -0.39 is 0 Å². The Morgan fingerprint density at radius 2 is 1.84 bits per heavy atom. The minimum Gasteiger partial charge on any atom is -0.314 e. The number of hydrogen-bond acceptors (Lipinski definition) is 3. The molecule has 1 N–H and O–H groups in total. The summed E-state index contributed by atoms with van der Waals surface area (Å²) in [6.45, 7) is 7.86. The number of hydrogen-bond donors (Lipinski definition) is 1. The Morgan fingerprint density at radius 3 is 2.42 bits per heavy atom. The van der Waals surface area contributed by atoms with Crippen molar-refractivity contribution in [2.45, 2.75) is 19.9 Å². The normalized spacial score (nSPS) is 18.1. The van der Waals surface area contributed by atoms with Crippen LogP contribution < -0.4 is 10.2 Å². The van der Waals surface area contributed by atoms with Gasteiger partial charge in [-0.25, -0.2) is 0 Å². The van der Waals surface area contributed by atoms with E-state index in [1.54, 1.807) is 4.90 Å². The van der Waals surface area contributed by atoms with E-state index in [1.165, 1.54) is 5.56 Å². The Morgan fingerprint density at radius 1 is 1.26 bits per heavy atom. The lowest BCUT2D eigenvalue weighted by Crippen LogP contribution is -2.53. The van der Waals surface area contributed by atoms with Crippen LogP contribution in [0, 0.1) is 6.92 Å². The zero-order chi connectivity index (χ0) is 13.8. The van der Waals surface area contributed by atoms with Crippen LogP contribution in [-0.2, 0) is 4.79 Å². The van der Waals surface area contributed by atoms with E-state index in [-0.39, 0.29) is 11.9 Å². The van der Waals surface area contributed by atoms with Gasteiger partial charge in [0, 0.05) is 38.9 Å². The van der Waals surface area contributed by atoms with Crippen molar-refractivity contribution in [3.05, 3.63) is 29.8 Å². The molecule has 0 aromatic heterocycles. The largest absolute Gasteiger partial charge is 0.314 e. The Kier molecular flexibility index (Phi) is 4.56. The molecule has 1 saturated heterocycles. The predicted octanol–water partition coefficient (Wildman–Crippen LogP) is 1.25. The quantitative estimate of drug-likeness (QED) is 0.889. The summed E-state index contributed by atoms with van der Waals surface area (Å²) < 4.78 is 0. The van der Waals surface area contributed by atoms with Crippen LogP contribution in [0.3, 0.4) is 0 Å². The molecule has 1 aromatic rings. The lowest BCUT2D eigenvalue weighted by Gasteiger charge is -2.34. The van der Waals surface area contributed by atoms with Crippen molar-refractivity contribution in [1.82, 2.24) is 10.2 Å². The number of piperazine rings is 1. The lowest BCUT2D eigenvalue weighted by molar-refractivity contribution is -0.123. The van der Waals surface area contributed by atoms with Gasteiger partial charge >= 0.3 is 0 Å². The Hall–Kier alpha value is -1.39. The topological polar surface area (TPSA) is 35.6 Å². The summed E-state index contributed by atoms with van der Waals surface area (Å²) in [5.41, 5.74) is 2.16. The average Bonchev–Trinajstić information content (AvgIpc) is 2.46. The van der Waals surface area contributed by atoms with Gasteiger partial charge < -0.3 is 10.2 Å². The van der Waals surface area contributed by atoms with Gasteiger partial charge in [-0.2, -0.15) is 0 Å². The molecule has 19 heavy (non-hydrogen) atoms. The third-order valence-corrected chi connectivity index (χ3v) is 3.81. The van der Waals surface area contributed by atoms with E-state index in [4.69, 9.17) is 0 Å². The maximum absolute atomic E-state index is 12.5. The van der Waals surface area contributed by atoms with Crippen molar-refractivity contribution < 1.29 is 4.79 Å². The van der Waals surface area contributed by atoms with E-state index in [0.717, 1.165) is 31.9 Å². The SMILES string of the molecule is Cc1ccc(N(C)C(=O)C(C)N2CCNCC2)cc1. The molecule has 0 radical (unpaired) electrons. The van der Waals surface area contributed by atoms with E-state index in [1.807, 2.05) is 38.2 Å². The molecular formula is C15H23N3O. The summed E-state index contributed by atoms with van der Waals surface area (Å²) in [7, 11) is 1.85. The van der Waals surface area contributed by atoms with Crippen molar-refractivity contribution in [1.29, 1.82) is 0 Å². The van der Waals surface area contributed by atoms with E-state index >= 15 is 0 Å². The van der Waals surface area contributed by atoms with Gasteiger partial charge in [-0.3, -0.25) is 9.69 Å². The molecule has 0 spiro atoms. The highest BCUT2D eigenvalue weighted by Crippen LogP contribution is 2.16. The van der Waals surface area contributed by atoms with Gasteiger partial charge in [-0.15, -0.1) is 0 Å². The number of benzene rings is 1. The molecule has 1 aliphatic heterocycles. The molecule has 0 saturated carbocycles. The highest BCUT2D eigenvalue weighted by Gasteiger charge is 2.25. The molecule has 104 valence electrons. The van der Waals surface area contributed by atoms with Crippen LogP contribution in [0.15, 0.2) is 24.3 Å². The standard InChI is InChI=1S/C15H23N3O/c1-12-4-6-14(7-5-12)17(3)15(19)13(2)18-10-8-16-9-11-18/h4-7,13,16H,8-11H2,1-3H3. The summed E-state index contributed by atoms with van der Waals surface area (Å²) in [6.07, 6.45) is 0. The smallest absolute Gasteiger partial charge is 0.243 e. The first-order valence-corrected chi connectivity index (χ1v) is 6.88. The third-order valence-electron chi connectivity index (χ3n) is 3.81. The molecule has 1 fully saturated rings. The first-order valence-electron chi connectivity index (χ1n) is 6.88. The third kappa shape index (κ3) is 3.33. The fourth-order valence-corrected chi connectivity index (χ4v) is 2.40.